The van der Waals surface area contributed by atoms with Crippen LogP contribution < -0.4 is 0 Å². The molecular formula is C18H13ClN2O. The molecule has 0 spiro atoms. The minimum atomic E-state index is 0.0576. The van der Waals surface area contributed by atoms with E-state index in [0.29, 0.717) is 16.4 Å². The summed E-state index contributed by atoms with van der Waals surface area (Å²) < 4.78 is 0. The van der Waals surface area contributed by atoms with Crippen LogP contribution in [0, 0.1) is 13.8 Å². The van der Waals surface area contributed by atoms with Crippen molar-refractivity contribution < 1.29 is 5.11 Å². The van der Waals surface area contributed by atoms with Gasteiger partial charge in [-0.15, -0.1) is 0 Å². The number of halogens is 1. The summed E-state index contributed by atoms with van der Waals surface area (Å²) in [7, 11) is 0. The van der Waals surface area contributed by atoms with E-state index in [4.69, 9.17) is 16.6 Å². The Kier molecular flexibility index (Phi) is 2.75. The van der Waals surface area contributed by atoms with Gasteiger partial charge in [0.15, 0.2) is 0 Å². The Bertz CT molecular complexity index is 1070. The highest BCUT2D eigenvalue weighted by molar-refractivity contribution is 6.39. The lowest BCUT2D eigenvalue weighted by atomic mass is 10.1. The molecule has 1 N–H and O–H groups in total. The molecule has 0 bridgehead atoms. The number of aryl methyl sites for hydroxylation is 2. The zero-order valence-corrected chi connectivity index (χ0v) is 12.9. The number of hydrogen-bond acceptors (Lipinski definition) is 3. The van der Waals surface area contributed by atoms with Crippen molar-refractivity contribution in [1.29, 1.82) is 0 Å². The molecule has 0 fully saturated rings. The van der Waals surface area contributed by atoms with Crippen molar-refractivity contribution in [1.82, 2.24) is 9.97 Å². The van der Waals surface area contributed by atoms with Gasteiger partial charge in [-0.1, -0.05) is 35.9 Å². The Morgan fingerprint density at radius 2 is 1.41 bits per heavy atom. The van der Waals surface area contributed by atoms with Crippen LogP contribution in [0.15, 0.2) is 36.4 Å². The van der Waals surface area contributed by atoms with E-state index in [-0.39, 0.29) is 10.8 Å². The summed E-state index contributed by atoms with van der Waals surface area (Å²) in [4.78, 5) is 9.39. The van der Waals surface area contributed by atoms with Crippen LogP contribution in [-0.2, 0) is 0 Å². The molecule has 0 radical (unpaired) electrons. The molecule has 0 unspecified atom stereocenters. The quantitative estimate of drug-likeness (QED) is 0.371. The topological polar surface area (TPSA) is 46.0 Å². The number of benzene rings is 3. The standard InChI is InChI=1S/C18H13ClN2O/c1-9-7-13-14(8-10(9)2)21-17-15(19)18(22)12-6-4-3-5-11(12)16(17)20-13/h3-8,22H,1-2H3. The van der Waals surface area contributed by atoms with E-state index in [1.807, 2.05) is 43.3 Å². The minimum Gasteiger partial charge on any atom is -0.506 e. The molecule has 0 amide bonds. The molecule has 0 saturated heterocycles. The van der Waals surface area contributed by atoms with E-state index >= 15 is 0 Å². The number of aromatic hydroxyl groups is 1. The Balaban J connectivity index is 2.28. The number of fused-ring (bicyclic) bond motifs is 4. The van der Waals surface area contributed by atoms with Gasteiger partial charge in [0, 0.05) is 10.8 Å². The van der Waals surface area contributed by atoms with E-state index in [0.717, 1.165) is 22.0 Å². The summed E-state index contributed by atoms with van der Waals surface area (Å²) in [5, 5.41) is 12.1. The Hall–Kier alpha value is -2.39. The van der Waals surface area contributed by atoms with Crippen LogP contribution in [-0.4, -0.2) is 15.1 Å². The maximum atomic E-state index is 10.3. The molecule has 4 heteroatoms. The molecule has 4 aromatic rings. The first-order valence-corrected chi connectivity index (χ1v) is 7.42. The van der Waals surface area contributed by atoms with E-state index < -0.39 is 0 Å². The minimum absolute atomic E-state index is 0.0576. The Labute approximate surface area is 132 Å². The summed E-state index contributed by atoms with van der Waals surface area (Å²) in [6.45, 7) is 4.10. The predicted molar refractivity (Wildman–Crippen MR) is 90.7 cm³/mol. The third-order valence-corrected chi connectivity index (χ3v) is 4.49. The van der Waals surface area contributed by atoms with Crippen molar-refractivity contribution in [2.45, 2.75) is 13.8 Å². The fourth-order valence-electron chi connectivity index (χ4n) is 2.78. The molecule has 0 saturated carbocycles. The monoisotopic (exact) mass is 308 g/mol. The van der Waals surface area contributed by atoms with Crippen molar-refractivity contribution >= 4 is 44.4 Å². The zero-order chi connectivity index (χ0) is 15.4. The van der Waals surface area contributed by atoms with Gasteiger partial charge in [-0.3, -0.25) is 0 Å². The Morgan fingerprint density at radius 1 is 0.864 bits per heavy atom. The van der Waals surface area contributed by atoms with Crippen molar-refractivity contribution in [3.8, 4) is 5.75 Å². The summed E-state index contributed by atoms with van der Waals surface area (Å²) in [6.07, 6.45) is 0. The van der Waals surface area contributed by atoms with Crippen molar-refractivity contribution in [2.24, 2.45) is 0 Å². The zero-order valence-electron chi connectivity index (χ0n) is 12.2. The highest BCUT2D eigenvalue weighted by Gasteiger charge is 2.15. The molecule has 1 heterocycles. The molecule has 4 rings (SSSR count). The molecule has 1 aromatic heterocycles. The lowest BCUT2D eigenvalue weighted by Crippen LogP contribution is -1.93. The largest absolute Gasteiger partial charge is 0.506 e. The van der Waals surface area contributed by atoms with Crippen LogP contribution in [0.4, 0.5) is 0 Å². The van der Waals surface area contributed by atoms with Crippen LogP contribution in [0.5, 0.6) is 5.75 Å². The van der Waals surface area contributed by atoms with Gasteiger partial charge >= 0.3 is 0 Å². The molecule has 22 heavy (non-hydrogen) atoms. The van der Waals surface area contributed by atoms with Crippen LogP contribution in [0.1, 0.15) is 11.1 Å². The van der Waals surface area contributed by atoms with Gasteiger partial charge in [0.25, 0.3) is 0 Å². The lowest BCUT2D eigenvalue weighted by molar-refractivity contribution is 0.482. The lowest BCUT2D eigenvalue weighted by Gasteiger charge is -2.10. The highest BCUT2D eigenvalue weighted by Crippen LogP contribution is 2.39. The molecule has 0 aliphatic heterocycles. The first-order valence-electron chi connectivity index (χ1n) is 7.04. The third-order valence-electron chi connectivity index (χ3n) is 4.13. The van der Waals surface area contributed by atoms with Crippen LogP contribution in [0.3, 0.4) is 0 Å². The molecule has 3 nitrogen and oxygen atoms in total. The van der Waals surface area contributed by atoms with Gasteiger partial charge in [-0.05, 0) is 37.1 Å². The van der Waals surface area contributed by atoms with Gasteiger partial charge in [-0.2, -0.15) is 0 Å². The SMILES string of the molecule is Cc1cc2nc3c(Cl)c(O)c4ccccc4c3nc2cc1C. The van der Waals surface area contributed by atoms with Crippen LogP contribution in [0.25, 0.3) is 32.8 Å². The van der Waals surface area contributed by atoms with Gasteiger partial charge < -0.3 is 5.11 Å². The van der Waals surface area contributed by atoms with E-state index in [9.17, 15) is 5.11 Å². The van der Waals surface area contributed by atoms with Gasteiger partial charge in [-0.25, -0.2) is 9.97 Å². The first kappa shape index (κ1) is 13.3. The van der Waals surface area contributed by atoms with Gasteiger partial charge in [0.1, 0.15) is 16.3 Å². The van der Waals surface area contributed by atoms with E-state index in [1.165, 1.54) is 5.56 Å². The average molecular weight is 309 g/mol. The second-order valence-electron chi connectivity index (χ2n) is 5.55. The van der Waals surface area contributed by atoms with Gasteiger partial charge in [0.2, 0.25) is 0 Å². The number of rotatable bonds is 0. The van der Waals surface area contributed by atoms with Gasteiger partial charge in [0.05, 0.1) is 16.6 Å². The Morgan fingerprint density at radius 3 is 2.05 bits per heavy atom. The summed E-state index contributed by atoms with van der Waals surface area (Å²) in [5.41, 5.74) is 5.20. The number of phenols is 1. The van der Waals surface area contributed by atoms with Crippen molar-refractivity contribution in [2.75, 3.05) is 0 Å². The number of nitrogens with zero attached hydrogens (tertiary/aromatic N) is 2. The van der Waals surface area contributed by atoms with Crippen LogP contribution in [0.2, 0.25) is 5.02 Å². The molecule has 0 aliphatic carbocycles. The second-order valence-corrected chi connectivity index (χ2v) is 5.93. The predicted octanol–water partition coefficient (Wildman–Crippen LogP) is 4.91. The molecule has 0 aliphatic rings. The van der Waals surface area contributed by atoms with E-state index in [2.05, 4.69) is 11.9 Å². The maximum Gasteiger partial charge on any atom is 0.144 e. The summed E-state index contributed by atoms with van der Waals surface area (Å²) in [6, 6.07) is 11.6. The molecular weight excluding hydrogens is 296 g/mol. The van der Waals surface area contributed by atoms with Crippen molar-refractivity contribution in [3.05, 3.63) is 52.5 Å². The smallest absolute Gasteiger partial charge is 0.144 e. The number of aromatic nitrogens is 2. The second kappa shape index (κ2) is 4.55. The summed E-state index contributed by atoms with van der Waals surface area (Å²) in [5.74, 6) is 0.0576. The van der Waals surface area contributed by atoms with Crippen molar-refractivity contribution in [3.63, 3.8) is 0 Å². The highest BCUT2D eigenvalue weighted by atomic mass is 35.5. The molecule has 3 aromatic carbocycles. The molecule has 0 atom stereocenters. The third kappa shape index (κ3) is 1.76. The fraction of sp³-hybridized carbons (Fsp3) is 0.111. The number of hydrogen-bond donors (Lipinski definition) is 1. The maximum absolute atomic E-state index is 10.3. The summed E-state index contributed by atoms with van der Waals surface area (Å²) >= 11 is 6.32. The number of phenolic OH excluding ortho intramolecular Hbond substituents is 1. The average Bonchev–Trinajstić information content (AvgIpc) is 2.53. The van der Waals surface area contributed by atoms with E-state index in [1.54, 1.807) is 0 Å². The normalized spacial score (nSPS) is 11.6. The fourth-order valence-corrected chi connectivity index (χ4v) is 3.01. The first-order chi connectivity index (χ1) is 10.6. The molecule has 108 valence electrons. The van der Waals surface area contributed by atoms with Crippen LogP contribution >= 0.6 is 11.6 Å².